The predicted octanol–water partition coefficient (Wildman–Crippen LogP) is 1.79. The molecule has 2 aromatic rings. The van der Waals surface area contributed by atoms with E-state index in [1.807, 2.05) is 24.3 Å². The fourth-order valence-corrected chi connectivity index (χ4v) is 4.80. The molecule has 1 aliphatic rings. The Morgan fingerprint density at radius 3 is 2.90 bits per heavy atom. The number of fused-ring (bicyclic) bond motifs is 1. The van der Waals surface area contributed by atoms with E-state index in [9.17, 15) is 8.42 Å². The van der Waals surface area contributed by atoms with Crippen LogP contribution in [0.2, 0.25) is 0 Å². The minimum atomic E-state index is -3.51. The van der Waals surface area contributed by atoms with Gasteiger partial charge in [0, 0.05) is 35.5 Å². The second-order valence-electron chi connectivity index (χ2n) is 4.75. The van der Waals surface area contributed by atoms with E-state index in [-0.39, 0.29) is 0 Å². The summed E-state index contributed by atoms with van der Waals surface area (Å²) in [4.78, 5) is 1.17. The maximum absolute atomic E-state index is 12.7. The Labute approximate surface area is 128 Å². The van der Waals surface area contributed by atoms with Crippen LogP contribution >= 0.6 is 11.3 Å². The van der Waals surface area contributed by atoms with Gasteiger partial charge in [0.25, 0.3) is 0 Å². The molecule has 3 rings (SSSR count). The standard InChI is InChI=1S/C14H16N2O3S2/c15-8-12-7-13(10-20-12)21(17,18)16-5-6-19-14-4-2-1-3-11(14)9-16/h1-4,7,10H,5-6,8-9,15H2. The number of nitrogens with two attached hydrogens (primary N) is 1. The lowest BCUT2D eigenvalue weighted by molar-refractivity contribution is 0.293. The summed E-state index contributed by atoms with van der Waals surface area (Å²) in [5.41, 5.74) is 6.44. The zero-order chi connectivity index (χ0) is 14.9. The summed E-state index contributed by atoms with van der Waals surface area (Å²) in [7, 11) is -3.51. The summed E-state index contributed by atoms with van der Waals surface area (Å²) >= 11 is 1.37. The molecule has 1 aliphatic heterocycles. The highest BCUT2D eigenvalue weighted by Gasteiger charge is 2.28. The highest BCUT2D eigenvalue weighted by molar-refractivity contribution is 7.89. The van der Waals surface area contributed by atoms with Crippen LogP contribution in [0.4, 0.5) is 0 Å². The molecule has 7 heteroatoms. The number of rotatable bonds is 3. The second kappa shape index (κ2) is 5.76. The first-order valence-electron chi connectivity index (χ1n) is 6.59. The average molecular weight is 324 g/mol. The Morgan fingerprint density at radius 1 is 1.33 bits per heavy atom. The lowest BCUT2D eigenvalue weighted by Gasteiger charge is -2.18. The molecular weight excluding hydrogens is 308 g/mol. The van der Waals surface area contributed by atoms with Crippen molar-refractivity contribution < 1.29 is 13.2 Å². The van der Waals surface area contributed by atoms with Gasteiger partial charge in [0.1, 0.15) is 12.4 Å². The number of sulfonamides is 1. The van der Waals surface area contributed by atoms with Crippen LogP contribution in [0.15, 0.2) is 40.6 Å². The summed E-state index contributed by atoms with van der Waals surface area (Å²) in [5.74, 6) is 0.753. The number of hydrogen-bond donors (Lipinski definition) is 1. The smallest absolute Gasteiger partial charge is 0.244 e. The normalized spacial score (nSPS) is 16.0. The summed E-state index contributed by atoms with van der Waals surface area (Å²) in [6.07, 6.45) is 0. The van der Waals surface area contributed by atoms with Gasteiger partial charge in [-0.05, 0) is 12.1 Å². The van der Waals surface area contributed by atoms with Crippen LogP contribution in [0.5, 0.6) is 5.75 Å². The van der Waals surface area contributed by atoms with Crippen molar-refractivity contribution in [2.75, 3.05) is 13.2 Å². The third kappa shape index (κ3) is 2.82. The molecule has 21 heavy (non-hydrogen) atoms. The van der Waals surface area contributed by atoms with Gasteiger partial charge < -0.3 is 10.5 Å². The van der Waals surface area contributed by atoms with E-state index >= 15 is 0 Å². The monoisotopic (exact) mass is 324 g/mol. The summed E-state index contributed by atoms with van der Waals surface area (Å²) in [6.45, 7) is 1.37. The topological polar surface area (TPSA) is 72.6 Å². The number of para-hydroxylation sites is 1. The van der Waals surface area contributed by atoms with Crippen molar-refractivity contribution in [2.24, 2.45) is 5.73 Å². The average Bonchev–Trinajstić information content (AvgIpc) is 2.87. The van der Waals surface area contributed by atoms with E-state index in [4.69, 9.17) is 10.5 Å². The number of hydrogen-bond acceptors (Lipinski definition) is 5. The van der Waals surface area contributed by atoms with Crippen molar-refractivity contribution in [3.63, 3.8) is 0 Å². The maximum Gasteiger partial charge on any atom is 0.244 e. The lowest BCUT2D eigenvalue weighted by Crippen LogP contribution is -2.32. The van der Waals surface area contributed by atoms with E-state index in [1.54, 1.807) is 11.4 Å². The zero-order valence-electron chi connectivity index (χ0n) is 11.4. The maximum atomic E-state index is 12.7. The fraction of sp³-hybridized carbons (Fsp3) is 0.286. The van der Waals surface area contributed by atoms with Crippen LogP contribution in [-0.2, 0) is 23.1 Å². The van der Waals surface area contributed by atoms with Crippen molar-refractivity contribution in [1.82, 2.24) is 4.31 Å². The van der Waals surface area contributed by atoms with Gasteiger partial charge in [-0.25, -0.2) is 8.42 Å². The van der Waals surface area contributed by atoms with Crippen LogP contribution in [0, 0.1) is 0 Å². The molecular formula is C14H16N2O3S2. The number of benzene rings is 1. The largest absolute Gasteiger partial charge is 0.492 e. The molecule has 2 heterocycles. The Balaban J connectivity index is 1.92. The highest BCUT2D eigenvalue weighted by atomic mass is 32.2. The molecule has 0 atom stereocenters. The Bertz CT molecular complexity index is 740. The van der Waals surface area contributed by atoms with E-state index in [2.05, 4.69) is 0 Å². The van der Waals surface area contributed by atoms with Crippen molar-refractivity contribution in [2.45, 2.75) is 18.0 Å². The van der Waals surface area contributed by atoms with Crippen LogP contribution in [0.3, 0.4) is 0 Å². The van der Waals surface area contributed by atoms with Crippen molar-refractivity contribution in [3.8, 4) is 5.75 Å². The second-order valence-corrected chi connectivity index (χ2v) is 7.68. The lowest BCUT2D eigenvalue weighted by atomic mass is 10.2. The van der Waals surface area contributed by atoms with Gasteiger partial charge >= 0.3 is 0 Å². The van der Waals surface area contributed by atoms with E-state index in [0.29, 0.717) is 31.1 Å². The van der Waals surface area contributed by atoms with Gasteiger partial charge in [0.2, 0.25) is 10.0 Å². The summed E-state index contributed by atoms with van der Waals surface area (Å²) in [5, 5.41) is 1.65. The number of ether oxygens (including phenoxy) is 1. The first-order valence-corrected chi connectivity index (χ1v) is 8.91. The zero-order valence-corrected chi connectivity index (χ0v) is 13.0. The molecule has 0 amide bonds. The Hall–Kier alpha value is -1.41. The van der Waals surface area contributed by atoms with Crippen LogP contribution < -0.4 is 10.5 Å². The van der Waals surface area contributed by atoms with Crippen LogP contribution in [0.1, 0.15) is 10.4 Å². The summed E-state index contributed by atoms with van der Waals surface area (Å²) in [6, 6.07) is 9.17. The van der Waals surface area contributed by atoms with Gasteiger partial charge in [-0.3, -0.25) is 0 Å². The Kier molecular flexibility index (Phi) is 3.99. The van der Waals surface area contributed by atoms with E-state index < -0.39 is 10.0 Å². The van der Waals surface area contributed by atoms with Gasteiger partial charge in [0.15, 0.2) is 0 Å². The molecule has 2 N–H and O–H groups in total. The molecule has 0 saturated carbocycles. The molecule has 0 fully saturated rings. The van der Waals surface area contributed by atoms with Crippen LogP contribution in [0.25, 0.3) is 0 Å². The quantitative estimate of drug-likeness (QED) is 0.934. The van der Waals surface area contributed by atoms with Gasteiger partial charge in [0.05, 0.1) is 4.90 Å². The molecule has 0 spiro atoms. The molecule has 0 bridgehead atoms. The highest BCUT2D eigenvalue weighted by Crippen LogP contribution is 2.28. The van der Waals surface area contributed by atoms with Gasteiger partial charge in [-0.15, -0.1) is 11.3 Å². The minimum Gasteiger partial charge on any atom is -0.492 e. The third-order valence-electron chi connectivity index (χ3n) is 3.39. The molecule has 1 aromatic heterocycles. The van der Waals surface area contributed by atoms with E-state index in [0.717, 1.165) is 16.2 Å². The SMILES string of the molecule is NCc1cc(S(=O)(=O)N2CCOc3ccccc3C2)cs1. The molecule has 0 saturated heterocycles. The number of thiophene rings is 1. The fourth-order valence-electron chi connectivity index (χ4n) is 2.26. The van der Waals surface area contributed by atoms with Crippen molar-refractivity contribution in [1.29, 1.82) is 0 Å². The molecule has 0 aliphatic carbocycles. The van der Waals surface area contributed by atoms with Gasteiger partial charge in [-0.1, -0.05) is 18.2 Å². The molecule has 112 valence electrons. The summed E-state index contributed by atoms with van der Waals surface area (Å²) < 4.78 is 32.5. The molecule has 1 aromatic carbocycles. The Morgan fingerprint density at radius 2 is 2.14 bits per heavy atom. The first-order chi connectivity index (χ1) is 10.1. The van der Waals surface area contributed by atoms with E-state index in [1.165, 1.54) is 15.6 Å². The first kappa shape index (κ1) is 14.5. The van der Waals surface area contributed by atoms with Crippen LogP contribution in [-0.4, -0.2) is 25.9 Å². The predicted molar refractivity (Wildman–Crippen MR) is 81.7 cm³/mol. The van der Waals surface area contributed by atoms with Crippen molar-refractivity contribution >= 4 is 21.4 Å². The third-order valence-corrected chi connectivity index (χ3v) is 6.32. The molecule has 0 radical (unpaired) electrons. The molecule has 0 unspecified atom stereocenters. The minimum absolute atomic E-state index is 0.312. The number of nitrogens with zero attached hydrogens (tertiary/aromatic N) is 1. The molecule has 5 nitrogen and oxygen atoms in total. The van der Waals surface area contributed by atoms with Crippen molar-refractivity contribution in [3.05, 3.63) is 46.2 Å². The van der Waals surface area contributed by atoms with Gasteiger partial charge in [-0.2, -0.15) is 4.31 Å².